The number of anilines is 1. The summed E-state index contributed by atoms with van der Waals surface area (Å²) in [6.45, 7) is 9.07. The average molecular weight is 375 g/mol. The number of hydrogen-bond acceptors (Lipinski definition) is 4. The first-order valence-corrected chi connectivity index (χ1v) is 7.86. The van der Waals surface area contributed by atoms with Crippen molar-refractivity contribution in [2.24, 2.45) is 5.41 Å². The van der Waals surface area contributed by atoms with E-state index in [1.54, 1.807) is 0 Å². The summed E-state index contributed by atoms with van der Waals surface area (Å²) in [6.07, 6.45) is 2.30. The van der Waals surface area contributed by atoms with Gasteiger partial charge in [-0.25, -0.2) is 9.97 Å². The second kappa shape index (κ2) is 5.52. The van der Waals surface area contributed by atoms with Crippen LogP contribution in [0, 0.1) is 8.99 Å². The molecule has 1 aromatic heterocycles. The molecule has 1 fully saturated rings. The predicted molar refractivity (Wildman–Crippen MR) is 85.0 cm³/mol. The van der Waals surface area contributed by atoms with Gasteiger partial charge in [-0.1, -0.05) is 20.8 Å². The van der Waals surface area contributed by atoms with Crippen molar-refractivity contribution in [3.8, 4) is 0 Å². The van der Waals surface area contributed by atoms with Crippen LogP contribution in [-0.4, -0.2) is 16.6 Å². The summed E-state index contributed by atoms with van der Waals surface area (Å²) in [4.78, 5) is 9.22. The smallest absolute Gasteiger partial charge is 0.160 e. The van der Waals surface area contributed by atoms with Gasteiger partial charge in [-0.15, -0.1) is 0 Å². The van der Waals surface area contributed by atoms with Crippen molar-refractivity contribution in [2.75, 3.05) is 12.3 Å². The summed E-state index contributed by atoms with van der Waals surface area (Å²) in [5.41, 5.74) is 7.11. The molecule has 1 atom stereocenters. The van der Waals surface area contributed by atoms with Gasteiger partial charge in [-0.05, 0) is 47.8 Å². The lowest BCUT2D eigenvalue weighted by molar-refractivity contribution is -0.0191. The molecular weight excluding hydrogens is 353 g/mol. The minimum atomic E-state index is -0.116. The Balaban J connectivity index is 2.42. The Morgan fingerprint density at radius 1 is 1.37 bits per heavy atom. The van der Waals surface area contributed by atoms with Gasteiger partial charge >= 0.3 is 0 Å². The lowest BCUT2D eigenvalue weighted by Gasteiger charge is -2.29. The largest absolute Gasteiger partial charge is 0.383 e. The van der Waals surface area contributed by atoms with Crippen LogP contribution in [0.2, 0.25) is 0 Å². The lowest BCUT2D eigenvalue weighted by Crippen LogP contribution is -2.24. The zero-order chi connectivity index (χ0) is 14.2. The fraction of sp³-hybridized carbons (Fsp3) is 0.714. The van der Waals surface area contributed by atoms with Crippen molar-refractivity contribution in [3.63, 3.8) is 0 Å². The number of rotatable bonds is 4. The minimum Gasteiger partial charge on any atom is -0.383 e. The molecule has 0 bridgehead atoms. The van der Waals surface area contributed by atoms with Crippen molar-refractivity contribution in [2.45, 2.75) is 52.6 Å². The third-order valence-corrected chi connectivity index (χ3v) is 4.34. The van der Waals surface area contributed by atoms with Crippen LogP contribution in [0.25, 0.3) is 0 Å². The summed E-state index contributed by atoms with van der Waals surface area (Å²) in [7, 11) is 0. The normalized spacial score (nSPS) is 17.5. The highest BCUT2D eigenvalue weighted by Crippen LogP contribution is 2.43. The molecule has 1 aliphatic carbocycles. The van der Waals surface area contributed by atoms with E-state index in [1.165, 1.54) is 12.8 Å². The SMILES string of the molecule is CCOC(c1nc(N)c(I)c(C2CC2)n1)C(C)(C)C. The Morgan fingerprint density at radius 2 is 2.00 bits per heavy atom. The molecule has 1 heterocycles. The van der Waals surface area contributed by atoms with Gasteiger partial charge in [0, 0.05) is 12.5 Å². The molecule has 19 heavy (non-hydrogen) atoms. The van der Waals surface area contributed by atoms with Gasteiger partial charge < -0.3 is 10.5 Å². The Hall–Kier alpha value is -0.430. The molecule has 0 spiro atoms. The van der Waals surface area contributed by atoms with Crippen molar-refractivity contribution in [3.05, 3.63) is 15.1 Å². The van der Waals surface area contributed by atoms with Crippen molar-refractivity contribution in [1.29, 1.82) is 0 Å². The second-order valence-electron chi connectivity index (χ2n) is 6.14. The Kier molecular flexibility index (Phi) is 4.35. The van der Waals surface area contributed by atoms with E-state index in [9.17, 15) is 0 Å². The first kappa shape index (κ1) is 15.0. The van der Waals surface area contributed by atoms with E-state index < -0.39 is 0 Å². The van der Waals surface area contributed by atoms with Crippen molar-refractivity contribution in [1.82, 2.24) is 9.97 Å². The standard InChI is InChI=1S/C14H22IN3O/c1-5-19-11(14(2,3)4)13-17-10(8-6-7-8)9(15)12(16)18-13/h8,11H,5-7H2,1-4H3,(H2,16,17,18). The van der Waals surface area contributed by atoms with Gasteiger partial charge in [0.25, 0.3) is 0 Å². The van der Waals surface area contributed by atoms with Gasteiger partial charge in [0.2, 0.25) is 0 Å². The van der Waals surface area contributed by atoms with E-state index in [4.69, 9.17) is 15.5 Å². The van der Waals surface area contributed by atoms with Crippen LogP contribution in [0.4, 0.5) is 5.82 Å². The summed E-state index contributed by atoms with van der Waals surface area (Å²) in [6, 6.07) is 0. The summed E-state index contributed by atoms with van der Waals surface area (Å²) in [5, 5.41) is 0. The highest BCUT2D eigenvalue weighted by molar-refractivity contribution is 14.1. The molecule has 0 aliphatic heterocycles. The van der Waals surface area contributed by atoms with Crippen LogP contribution in [0.15, 0.2) is 0 Å². The van der Waals surface area contributed by atoms with E-state index in [0.29, 0.717) is 18.3 Å². The molecule has 1 aromatic rings. The third kappa shape index (κ3) is 3.37. The molecule has 1 saturated carbocycles. The summed E-state index contributed by atoms with van der Waals surface area (Å²) >= 11 is 2.25. The predicted octanol–water partition coefficient (Wildman–Crippen LogP) is 3.66. The van der Waals surface area contributed by atoms with E-state index in [-0.39, 0.29) is 11.5 Å². The average Bonchev–Trinajstić information content (AvgIpc) is 3.12. The molecular formula is C14H22IN3O. The molecule has 2 rings (SSSR count). The molecule has 0 amide bonds. The second-order valence-corrected chi connectivity index (χ2v) is 7.22. The van der Waals surface area contributed by atoms with Gasteiger partial charge in [0.05, 0.1) is 9.26 Å². The highest BCUT2D eigenvalue weighted by Gasteiger charge is 2.33. The van der Waals surface area contributed by atoms with E-state index in [0.717, 1.165) is 15.1 Å². The third-order valence-electron chi connectivity index (χ3n) is 3.24. The monoisotopic (exact) mass is 375 g/mol. The number of nitrogens with zero attached hydrogens (tertiary/aromatic N) is 2. The Labute approximate surface area is 128 Å². The number of halogens is 1. The molecule has 106 valence electrons. The van der Waals surface area contributed by atoms with Gasteiger partial charge in [-0.3, -0.25) is 0 Å². The van der Waals surface area contributed by atoms with E-state index >= 15 is 0 Å². The zero-order valence-corrected chi connectivity index (χ0v) is 14.2. The maximum absolute atomic E-state index is 6.05. The van der Waals surface area contributed by atoms with Gasteiger partial charge in [0.15, 0.2) is 5.82 Å². The van der Waals surface area contributed by atoms with Crippen molar-refractivity contribution >= 4 is 28.4 Å². The lowest BCUT2D eigenvalue weighted by atomic mass is 9.88. The maximum atomic E-state index is 6.05. The summed E-state index contributed by atoms with van der Waals surface area (Å²) in [5.74, 6) is 1.88. The molecule has 0 saturated heterocycles. The number of hydrogen-bond donors (Lipinski definition) is 1. The number of nitrogen functional groups attached to an aromatic ring is 1. The molecule has 5 heteroatoms. The van der Waals surface area contributed by atoms with E-state index in [2.05, 4.69) is 48.3 Å². The van der Waals surface area contributed by atoms with Crippen LogP contribution < -0.4 is 5.73 Å². The Morgan fingerprint density at radius 3 is 2.47 bits per heavy atom. The number of aromatic nitrogens is 2. The number of ether oxygens (including phenoxy) is 1. The first-order chi connectivity index (χ1) is 8.84. The van der Waals surface area contributed by atoms with Crippen LogP contribution in [-0.2, 0) is 4.74 Å². The van der Waals surface area contributed by atoms with Crippen LogP contribution in [0.3, 0.4) is 0 Å². The highest BCUT2D eigenvalue weighted by atomic mass is 127. The fourth-order valence-electron chi connectivity index (χ4n) is 2.12. The van der Waals surface area contributed by atoms with E-state index in [1.807, 2.05) is 6.92 Å². The first-order valence-electron chi connectivity index (χ1n) is 6.79. The number of nitrogens with two attached hydrogens (primary N) is 1. The van der Waals surface area contributed by atoms with Crippen LogP contribution in [0.5, 0.6) is 0 Å². The molecule has 2 N–H and O–H groups in total. The fourth-order valence-corrected chi connectivity index (χ4v) is 2.81. The maximum Gasteiger partial charge on any atom is 0.160 e. The quantitative estimate of drug-likeness (QED) is 0.816. The zero-order valence-electron chi connectivity index (χ0n) is 12.0. The molecule has 1 unspecified atom stereocenters. The summed E-state index contributed by atoms with van der Waals surface area (Å²) < 4.78 is 6.87. The minimum absolute atomic E-state index is 0.0456. The van der Waals surface area contributed by atoms with Crippen molar-refractivity contribution < 1.29 is 4.74 Å². The molecule has 0 aromatic carbocycles. The van der Waals surface area contributed by atoms with Crippen LogP contribution in [0.1, 0.15) is 64.1 Å². The molecule has 0 radical (unpaired) electrons. The van der Waals surface area contributed by atoms with Gasteiger partial charge in [-0.2, -0.15) is 0 Å². The van der Waals surface area contributed by atoms with Gasteiger partial charge in [0.1, 0.15) is 11.9 Å². The molecule has 4 nitrogen and oxygen atoms in total. The Bertz CT molecular complexity index is 466. The topological polar surface area (TPSA) is 61.0 Å². The van der Waals surface area contributed by atoms with Crippen LogP contribution >= 0.6 is 22.6 Å². The molecule has 1 aliphatic rings.